The van der Waals surface area contributed by atoms with Crippen LogP contribution >= 0.6 is 0 Å². The third kappa shape index (κ3) is 2.40. The maximum Gasteiger partial charge on any atom is 0.227 e. The second-order valence-corrected chi connectivity index (χ2v) is 7.75. The van der Waals surface area contributed by atoms with Gasteiger partial charge < -0.3 is 9.64 Å². The van der Waals surface area contributed by atoms with Crippen molar-refractivity contribution in [3.8, 4) is 0 Å². The standard InChI is InChI=1S/C20H27NO2/c1-14(2)21(16-8-11-23-12-9-16)19(22)18-13-20(18)10-7-15-5-3-4-6-17(15)20/h3-6,14,16,18H,7-13H2,1-2H3/t18-,20-/m1/s1. The van der Waals surface area contributed by atoms with Crippen LogP contribution in [0.15, 0.2) is 24.3 Å². The van der Waals surface area contributed by atoms with Crippen LogP contribution in [0.5, 0.6) is 0 Å². The molecule has 124 valence electrons. The Balaban J connectivity index is 1.55. The molecule has 3 nitrogen and oxygen atoms in total. The fourth-order valence-corrected chi connectivity index (χ4v) is 4.92. The smallest absolute Gasteiger partial charge is 0.227 e. The van der Waals surface area contributed by atoms with Crippen LogP contribution in [-0.4, -0.2) is 36.1 Å². The second kappa shape index (κ2) is 5.62. The molecule has 2 aliphatic carbocycles. The van der Waals surface area contributed by atoms with Crippen molar-refractivity contribution in [1.29, 1.82) is 0 Å². The summed E-state index contributed by atoms with van der Waals surface area (Å²) in [6, 6.07) is 9.39. The normalized spacial score (nSPS) is 29.8. The monoisotopic (exact) mass is 313 g/mol. The lowest BCUT2D eigenvalue weighted by Gasteiger charge is -2.38. The number of ether oxygens (including phenoxy) is 1. The molecule has 1 aromatic carbocycles. The zero-order chi connectivity index (χ0) is 16.0. The van der Waals surface area contributed by atoms with E-state index in [0.717, 1.165) is 45.3 Å². The first kappa shape index (κ1) is 15.2. The van der Waals surface area contributed by atoms with Gasteiger partial charge in [-0.1, -0.05) is 24.3 Å². The maximum atomic E-state index is 13.3. The van der Waals surface area contributed by atoms with Gasteiger partial charge in [-0.3, -0.25) is 4.79 Å². The summed E-state index contributed by atoms with van der Waals surface area (Å²) in [6.07, 6.45) is 5.32. The van der Waals surface area contributed by atoms with Crippen LogP contribution in [0.4, 0.5) is 0 Å². The SMILES string of the molecule is CC(C)N(C(=O)[C@H]1C[C@@]12CCc1ccccc12)C1CCOCC1. The number of carbonyl (C=O) groups excluding carboxylic acids is 1. The van der Waals surface area contributed by atoms with Crippen LogP contribution < -0.4 is 0 Å². The van der Waals surface area contributed by atoms with Crippen molar-refractivity contribution >= 4 is 5.91 Å². The summed E-state index contributed by atoms with van der Waals surface area (Å²) in [5, 5.41) is 0. The molecule has 0 unspecified atom stereocenters. The van der Waals surface area contributed by atoms with Gasteiger partial charge >= 0.3 is 0 Å². The van der Waals surface area contributed by atoms with E-state index in [0.29, 0.717) is 11.9 Å². The van der Waals surface area contributed by atoms with Gasteiger partial charge in [-0.05, 0) is 57.1 Å². The highest BCUT2D eigenvalue weighted by molar-refractivity contribution is 5.85. The Bertz CT molecular complexity index is 605. The number of rotatable bonds is 3. The Morgan fingerprint density at radius 2 is 2.00 bits per heavy atom. The Kier molecular flexibility index (Phi) is 3.72. The van der Waals surface area contributed by atoms with Gasteiger partial charge in [-0.15, -0.1) is 0 Å². The van der Waals surface area contributed by atoms with Gasteiger partial charge in [0.05, 0.1) is 0 Å². The number of carbonyl (C=O) groups is 1. The van der Waals surface area contributed by atoms with Gasteiger partial charge in [0.2, 0.25) is 5.91 Å². The van der Waals surface area contributed by atoms with Crippen molar-refractivity contribution < 1.29 is 9.53 Å². The van der Waals surface area contributed by atoms with E-state index in [1.165, 1.54) is 11.1 Å². The van der Waals surface area contributed by atoms with Crippen LogP contribution in [-0.2, 0) is 21.4 Å². The van der Waals surface area contributed by atoms with E-state index in [1.54, 1.807) is 0 Å². The number of hydrogen-bond acceptors (Lipinski definition) is 2. The Hall–Kier alpha value is -1.35. The molecule has 1 aliphatic heterocycles. The highest BCUT2D eigenvalue weighted by Gasteiger charge is 2.62. The first-order chi connectivity index (χ1) is 11.1. The predicted molar refractivity (Wildman–Crippen MR) is 90.4 cm³/mol. The zero-order valence-electron chi connectivity index (χ0n) is 14.3. The lowest BCUT2D eigenvalue weighted by Crippen LogP contribution is -2.48. The summed E-state index contributed by atoms with van der Waals surface area (Å²) < 4.78 is 5.49. The fraction of sp³-hybridized carbons (Fsp3) is 0.650. The summed E-state index contributed by atoms with van der Waals surface area (Å²) in [7, 11) is 0. The van der Waals surface area contributed by atoms with E-state index in [-0.39, 0.29) is 17.4 Å². The maximum absolute atomic E-state index is 13.3. The van der Waals surface area contributed by atoms with Crippen molar-refractivity contribution in [2.75, 3.05) is 13.2 Å². The molecule has 3 heteroatoms. The van der Waals surface area contributed by atoms with Gasteiger partial charge in [0.25, 0.3) is 0 Å². The molecule has 1 heterocycles. The predicted octanol–water partition coefficient (Wildman–Crippen LogP) is 3.31. The van der Waals surface area contributed by atoms with E-state index in [2.05, 4.69) is 43.0 Å². The van der Waals surface area contributed by atoms with E-state index in [9.17, 15) is 4.79 Å². The summed E-state index contributed by atoms with van der Waals surface area (Å²) in [5.74, 6) is 0.597. The van der Waals surface area contributed by atoms with Crippen LogP contribution in [0.1, 0.15) is 50.7 Å². The molecule has 1 spiro atoms. The molecule has 1 amide bonds. The van der Waals surface area contributed by atoms with Gasteiger partial charge in [0, 0.05) is 36.6 Å². The molecule has 2 fully saturated rings. The molecule has 23 heavy (non-hydrogen) atoms. The summed E-state index contributed by atoms with van der Waals surface area (Å²) in [5.41, 5.74) is 3.07. The van der Waals surface area contributed by atoms with Crippen molar-refractivity contribution in [3.05, 3.63) is 35.4 Å². The fourth-order valence-electron chi connectivity index (χ4n) is 4.92. The molecule has 0 radical (unpaired) electrons. The second-order valence-electron chi connectivity index (χ2n) is 7.75. The summed E-state index contributed by atoms with van der Waals surface area (Å²) >= 11 is 0. The quantitative estimate of drug-likeness (QED) is 0.857. The molecular weight excluding hydrogens is 286 g/mol. The number of aryl methyl sites for hydroxylation is 1. The summed E-state index contributed by atoms with van der Waals surface area (Å²) in [4.78, 5) is 15.5. The molecule has 4 rings (SSSR count). The van der Waals surface area contributed by atoms with Gasteiger partial charge in [0.1, 0.15) is 0 Å². The minimum atomic E-state index is 0.159. The molecule has 0 N–H and O–H groups in total. The molecule has 2 atom stereocenters. The zero-order valence-corrected chi connectivity index (χ0v) is 14.3. The molecule has 3 aliphatic rings. The van der Waals surface area contributed by atoms with Gasteiger partial charge in [0.15, 0.2) is 0 Å². The number of nitrogens with zero attached hydrogens (tertiary/aromatic N) is 1. The van der Waals surface area contributed by atoms with Crippen molar-refractivity contribution in [3.63, 3.8) is 0 Å². The first-order valence-electron chi connectivity index (χ1n) is 9.12. The van der Waals surface area contributed by atoms with E-state index >= 15 is 0 Å². The van der Waals surface area contributed by atoms with Crippen molar-refractivity contribution in [2.45, 2.75) is 63.5 Å². The number of benzene rings is 1. The third-order valence-electron chi connectivity index (χ3n) is 6.16. The van der Waals surface area contributed by atoms with E-state index in [1.807, 2.05) is 0 Å². The van der Waals surface area contributed by atoms with Crippen LogP contribution in [0.2, 0.25) is 0 Å². The molecule has 1 aromatic rings. The third-order valence-corrected chi connectivity index (χ3v) is 6.16. The minimum Gasteiger partial charge on any atom is -0.381 e. The number of hydrogen-bond donors (Lipinski definition) is 0. The number of amides is 1. The van der Waals surface area contributed by atoms with Crippen molar-refractivity contribution in [1.82, 2.24) is 4.90 Å². The largest absolute Gasteiger partial charge is 0.381 e. The van der Waals surface area contributed by atoms with E-state index < -0.39 is 0 Å². The Labute approximate surface area is 139 Å². The topological polar surface area (TPSA) is 29.5 Å². The van der Waals surface area contributed by atoms with E-state index in [4.69, 9.17) is 4.74 Å². The Morgan fingerprint density at radius 3 is 2.74 bits per heavy atom. The average molecular weight is 313 g/mol. The molecular formula is C20H27NO2. The summed E-state index contributed by atoms with van der Waals surface area (Å²) in [6.45, 7) is 5.90. The molecule has 1 saturated carbocycles. The molecule has 1 saturated heterocycles. The van der Waals surface area contributed by atoms with Crippen LogP contribution in [0.3, 0.4) is 0 Å². The van der Waals surface area contributed by atoms with Gasteiger partial charge in [-0.2, -0.15) is 0 Å². The highest BCUT2D eigenvalue weighted by Crippen LogP contribution is 2.62. The Morgan fingerprint density at radius 1 is 1.26 bits per heavy atom. The van der Waals surface area contributed by atoms with Crippen LogP contribution in [0, 0.1) is 5.92 Å². The van der Waals surface area contributed by atoms with Crippen molar-refractivity contribution in [2.24, 2.45) is 5.92 Å². The number of fused-ring (bicyclic) bond motifs is 2. The molecule has 0 aromatic heterocycles. The minimum absolute atomic E-state index is 0.159. The van der Waals surface area contributed by atoms with Crippen LogP contribution in [0.25, 0.3) is 0 Å². The highest BCUT2D eigenvalue weighted by atomic mass is 16.5. The lowest BCUT2D eigenvalue weighted by atomic mass is 9.94. The molecule has 0 bridgehead atoms. The van der Waals surface area contributed by atoms with Gasteiger partial charge in [-0.25, -0.2) is 0 Å². The average Bonchev–Trinajstić information content (AvgIpc) is 3.18. The lowest BCUT2D eigenvalue weighted by molar-refractivity contribution is -0.139. The first-order valence-corrected chi connectivity index (χ1v) is 9.12.